The normalized spacial score (nSPS) is 19.6. The molecule has 27 heavy (non-hydrogen) atoms. The number of carboxylic acids is 1. The fourth-order valence-electron chi connectivity index (χ4n) is 3.19. The molecule has 0 amide bonds. The van der Waals surface area contributed by atoms with Gasteiger partial charge in [0.2, 0.25) is 0 Å². The van der Waals surface area contributed by atoms with Gasteiger partial charge in [-0.2, -0.15) is 0 Å². The third-order valence-corrected chi connectivity index (χ3v) is 5.69. The Morgan fingerprint density at radius 2 is 1.81 bits per heavy atom. The van der Waals surface area contributed by atoms with Crippen LogP contribution in [0.5, 0.6) is 0 Å². The molecule has 6 nitrogen and oxygen atoms in total. The van der Waals surface area contributed by atoms with Crippen molar-refractivity contribution in [3.63, 3.8) is 0 Å². The van der Waals surface area contributed by atoms with Gasteiger partial charge >= 0.3 is 5.97 Å². The van der Waals surface area contributed by atoms with Gasteiger partial charge in [0.05, 0.1) is 17.6 Å². The van der Waals surface area contributed by atoms with Crippen LogP contribution in [-0.2, 0) is 19.4 Å². The molecule has 144 valence electrons. The predicted octanol–water partition coefficient (Wildman–Crippen LogP) is 2.43. The van der Waals surface area contributed by atoms with E-state index in [2.05, 4.69) is 0 Å². The molecular weight excluding hydrogens is 373 g/mol. The lowest BCUT2D eigenvalue weighted by atomic mass is 10.0. The van der Waals surface area contributed by atoms with Crippen LogP contribution < -0.4 is 0 Å². The maximum absolute atomic E-state index is 13.2. The molecule has 3 rings (SSSR count). The molecule has 2 aromatic carbocycles. The van der Waals surface area contributed by atoms with E-state index in [1.807, 2.05) is 0 Å². The first kappa shape index (κ1) is 19.5. The van der Waals surface area contributed by atoms with Crippen molar-refractivity contribution in [3.05, 3.63) is 65.5 Å². The molecule has 1 heterocycles. The highest BCUT2D eigenvalue weighted by molar-refractivity contribution is 7.90. The van der Waals surface area contributed by atoms with E-state index < -0.39 is 27.7 Å². The summed E-state index contributed by atoms with van der Waals surface area (Å²) >= 11 is 0. The zero-order valence-electron chi connectivity index (χ0n) is 14.7. The van der Waals surface area contributed by atoms with Crippen LogP contribution in [-0.4, -0.2) is 50.3 Å². The van der Waals surface area contributed by atoms with Gasteiger partial charge in [-0.15, -0.1) is 0 Å². The molecule has 1 fully saturated rings. The Morgan fingerprint density at radius 3 is 2.37 bits per heavy atom. The van der Waals surface area contributed by atoms with Crippen molar-refractivity contribution in [2.24, 2.45) is 0 Å². The summed E-state index contributed by atoms with van der Waals surface area (Å²) in [5.74, 6) is -1.44. The number of nitrogens with zero attached hydrogens (tertiary/aromatic N) is 1. The molecule has 0 bridgehead atoms. The van der Waals surface area contributed by atoms with E-state index in [1.54, 1.807) is 17.0 Å². The SMILES string of the molecule is CS(=O)(=O)c1ccc(C2CN(C(C(=O)O)c3ccc(F)cc3)CCO2)cc1. The smallest absolute Gasteiger partial charge is 0.325 e. The summed E-state index contributed by atoms with van der Waals surface area (Å²) in [5, 5.41) is 9.69. The summed E-state index contributed by atoms with van der Waals surface area (Å²) in [7, 11) is -3.28. The molecule has 0 aromatic heterocycles. The van der Waals surface area contributed by atoms with Gasteiger partial charge in [-0.05, 0) is 35.4 Å². The van der Waals surface area contributed by atoms with Gasteiger partial charge in [-0.1, -0.05) is 24.3 Å². The summed E-state index contributed by atoms with van der Waals surface area (Å²) in [5.41, 5.74) is 1.27. The number of ether oxygens (including phenoxy) is 1. The number of benzene rings is 2. The van der Waals surface area contributed by atoms with Crippen molar-refractivity contribution in [1.29, 1.82) is 0 Å². The average Bonchev–Trinajstić information content (AvgIpc) is 2.63. The van der Waals surface area contributed by atoms with Crippen molar-refractivity contribution >= 4 is 15.8 Å². The topological polar surface area (TPSA) is 83.9 Å². The number of carbonyl (C=O) groups is 1. The van der Waals surface area contributed by atoms with Crippen LogP contribution in [0, 0.1) is 5.82 Å². The van der Waals surface area contributed by atoms with Gasteiger partial charge in [0.15, 0.2) is 9.84 Å². The predicted molar refractivity (Wildman–Crippen MR) is 96.6 cm³/mol. The second-order valence-corrected chi connectivity index (χ2v) is 8.50. The number of rotatable bonds is 5. The summed E-state index contributed by atoms with van der Waals surface area (Å²) in [6, 6.07) is 10.9. The van der Waals surface area contributed by atoms with E-state index in [-0.39, 0.29) is 11.0 Å². The zero-order chi connectivity index (χ0) is 19.6. The Hall–Kier alpha value is -2.29. The van der Waals surface area contributed by atoms with Crippen molar-refractivity contribution in [1.82, 2.24) is 4.90 Å². The number of morpholine rings is 1. The van der Waals surface area contributed by atoms with Crippen LogP contribution in [0.15, 0.2) is 53.4 Å². The molecule has 0 aliphatic carbocycles. The van der Waals surface area contributed by atoms with Crippen LogP contribution in [0.2, 0.25) is 0 Å². The molecule has 2 unspecified atom stereocenters. The summed E-state index contributed by atoms with van der Waals surface area (Å²) < 4.78 is 42.1. The molecule has 8 heteroatoms. The van der Waals surface area contributed by atoms with Crippen molar-refractivity contribution in [2.45, 2.75) is 17.0 Å². The van der Waals surface area contributed by atoms with Gasteiger partial charge in [-0.25, -0.2) is 12.8 Å². The molecule has 1 N–H and O–H groups in total. The quantitative estimate of drug-likeness (QED) is 0.840. The Morgan fingerprint density at radius 1 is 1.19 bits per heavy atom. The first-order valence-corrected chi connectivity index (χ1v) is 10.3. The molecule has 0 radical (unpaired) electrons. The van der Waals surface area contributed by atoms with E-state index in [4.69, 9.17) is 4.74 Å². The van der Waals surface area contributed by atoms with Gasteiger partial charge in [-0.3, -0.25) is 9.69 Å². The minimum atomic E-state index is -3.28. The summed E-state index contributed by atoms with van der Waals surface area (Å²) in [4.78, 5) is 13.8. The maximum Gasteiger partial charge on any atom is 0.325 e. The fourth-order valence-corrected chi connectivity index (χ4v) is 3.82. The molecule has 2 atom stereocenters. The first-order chi connectivity index (χ1) is 12.8. The zero-order valence-corrected chi connectivity index (χ0v) is 15.5. The number of carboxylic acid groups (broad SMARTS) is 1. The van der Waals surface area contributed by atoms with E-state index in [1.165, 1.54) is 36.4 Å². The van der Waals surface area contributed by atoms with E-state index in [0.29, 0.717) is 25.3 Å². The van der Waals surface area contributed by atoms with Crippen molar-refractivity contribution < 1.29 is 27.4 Å². The van der Waals surface area contributed by atoms with E-state index in [9.17, 15) is 22.7 Å². The minimum absolute atomic E-state index is 0.216. The van der Waals surface area contributed by atoms with E-state index >= 15 is 0 Å². The van der Waals surface area contributed by atoms with E-state index in [0.717, 1.165) is 11.8 Å². The second-order valence-electron chi connectivity index (χ2n) is 6.49. The molecule has 1 aliphatic rings. The number of halogens is 1. The first-order valence-electron chi connectivity index (χ1n) is 8.39. The lowest BCUT2D eigenvalue weighted by Gasteiger charge is -2.36. The highest BCUT2D eigenvalue weighted by Crippen LogP contribution is 2.29. The highest BCUT2D eigenvalue weighted by atomic mass is 32.2. The Kier molecular flexibility index (Phi) is 5.59. The largest absolute Gasteiger partial charge is 0.480 e. The second kappa shape index (κ2) is 7.75. The Bertz CT molecular complexity index is 912. The standard InChI is InChI=1S/C19H20FNO5S/c1-27(24,25)16-8-4-13(5-9-16)17-12-21(10-11-26-17)18(19(22)23)14-2-6-15(20)7-3-14/h2-9,17-18H,10-12H2,1H3,(H,22,23). The summed E-state index contributed by atoms with van der Waals surface area (Å²) in [6.07, 6.45) is 0.760. The van der Waals surface area contributed by atoms with Gasteiger partial charge in [0.25, 0.3) is 0 Å². The van der Waals surface area contributed by atoms with Crippen molar-refractivity contribution in [3.8, 4) is 0 Å². The molecular formula is C19H20FNO5S. The van der Waals surface area contributed by atoms with Gasteiger partial charge in [0, 0.05) is 19.3 Å². The number of hydrogen-bond acceptors (Lipinski definition) is 5. The lowest BCUT2D eigenvalue weighted by molar-refractivity contribution is -0.147. The Labute approximate surface area is 157 Å². The van der Waals surface area contributed by atoms with Gasteiger partial charge in [0.1, 0.15) is 11.9 Å². The Balaban J connectivity index is 1.81. The van der Waals surface area contributed by atoms with Gasteiger partial charge < -0.3 is 9.84 Å². The maximum atomic E-state index is 13.2. The third kappa shape index (κ3) is 4.52. The number of hydrogen-bond donors (Lipinski definition) is 1. The van der Waals surface area contributed by atoms with Crippen molar-refractivity contribution in [2.75, 3.05) is 26.0 Å². The summed E-state index contributed by atoms with van der Waals surface area (Å²) in [6.45, 7) is 1.09. The number of aliphatic carboxylic acids is 1. The van der Waals surface area contributed by atoms with Crippen LogP contribution in [0.1, 0.15) is 23.3 Å². The van der Waals surface area contributed by atoms with Crippen LogP contribution in [0.4, 0.5) is 4.39 Å². The molecule has 0 spiro atoms. The van der Waals surface area contributed by atoms with Crippen LogP contribution >= 0.6 is 0 Å². The monoisotopic (exact) mass is 393 g/mol. The minimum Gasteiger partial charge on any atom is -0.480 e. The molecule has 0 saturated carbocycles. The average molecular weight is 393 g/mol. The lowest BCUT2D eigenvalue weighted by Crippen LogP contribution is -2.43. The molecule has 1 saturated heterocycles. The van der Waals surface area contributed by atoms with Crippen LogP contribution in [0.3, 0.4) is 0 Å². The fraction of sp³-hybridized carbons (Fsp3) is 0.316. The molecule has 1 aliphatic heterocycles. The van der Waals surface area contributed by atoms with Crippen LogP contribution in [0.25, 0.3) is 0 Å². The number of sulfone groups is 1. The molecule has 2 aromatic rings. The third-order valence-electron chi connectivity index (χ3n) is 4.56. The highest BCUT2D eigenvalue weighted by Gasteiger charge is 2.32.